The highest BCUT2D eigenvalue weighted by Crippen LogP contribution is 2.32. The van der Waals surface area contributed by atoms with Crippen molar-refractivity contribution in [3.63, 3.8) is 0 Å². The van der Waals surface area contributed by atoms with Gasteiger partial charge in [0.25, 0.3) is 0 Å². The van der Waals surface area contributed by atoms with Crippen LogP contribution in [0.5, 0.6) is 0 Å². The molecular weight excluding hydrogens is 841 g/mol. The molecule has 0 saturated carbocycles. The number of aromatic nitrogens is 4. The van der Waals surface area contributed by atoms with Gasteiger partial charge in [-0.1, -0.05) is 101 Å². The van der Waals surface area contributed by atoms with Gasteiger partial charge in [0.2, 0.25) is 0 Å². The smallest absolute Gasteiger partial charge is 0.359 e. The van der Waals surface area contributed by atoms with Crippen LogP contribution in [0.2, 0.25) is 0 Å². The Labute approximate surface area is 342 Å². The van der Waals surface area contributed by atoms with Gasteiger partial charge in [0, 0.05) is 47.3 Å². The second-order valence-electron chi connectivity index (χ2n) is 17.1. The lowest BCUT2D eigenvalue weighted by Crippen LogP contribution is -2.30. The van der Waals surface area contributed by atoms with E-state index in [1.807, 2.05) is 88.5 Å². The third-order valence-electron chi connectivity index (χ3n) is 5.78. The highest BCUT2D eigenvalue weighted by atomic mass is 127. The summed E-state index contributed by atoms with van der Waals surface area (Å²) in [6.07, 6.45) is 0. The van der Waals surface area contributed by atoms with E-state index in [0.29, 0.717) is 11.4 Å². The minimum absolute atomic E-state index is 0. The van der Waals surface area contributed by atoms with E-state index < -0.39 is 11.2 Å². The molecule has 0 fully saturated rings. The summed E-state index contributed by atoms with van der Waals surface area (Å²) in [5, 5.41) is 9.05. The molecule has 0 saturated heterocycles. The minimum Gasteiger partial charge on any atom is -0.455 e. The topological polar surface area (TPSA) is 101 Å². The summed E-state index contributed by atoms with van der Waals surface area (Å²) in [4.78, 5) is 26.6. The van der Waals surface area contributed by atoms with Crippen LogP contribution in [0.15, 0.2) is 10.4 Å². The fourth-order valence-corrected chi connectivity index (χ4v) is 4.24. The molecule has 12 heteroatoms. The number of ether oxygens (including phenoxy) is 2. The molecule has 0 N–H and O–H groups in total. The van der Waals surface area contributed by atoms with Crippen molar-refractivity contribution >= 4 is 62.9 Å². The molecule has 51 heavy (non-hydrogen) atoms. The van der Waals surface area contributed by atoms with Crippen LogP contribution in [-0.2, 0) is 43.8 Å². The Morgan fingerprint density at radius 2 is 1.04 bits per heavy atom. The molecule has 2 rings (SSSR count). The van der Waals surface area contributed by atoms with Crippen LogP contribution in [0, 0.1) is 6.92 Å². The predicted molar refractivity (Wildman–Crippen MR) is 236 cm³/mol. The Morgan fingerprint density at radius 3 is 1.27 bits per heavy atom. The fraction of sp³-hybridized carbons (Fsp3) is 0.795. The Bertz CT molecular complexity index is 1260. The van der Waals surface area contributed by atoms with Crippen molar-refractivity contribution in [1.29, 1.82) is 0 Å². The van der Waals surface area contributed by atoms with Crippen molar-refractivity contribution in [3.8, 4) is 0 Å². The van der Waals surface area contributed by atoms with E-state index in [4.69, 9.17) is 9.47 Å². The Hall–Kier alpha value is -1.41. The number of nitrogens with zero attached hydrogens (tertiary/aromatic N) is 5. The molecule has 0 amide bonds. The van der Waals surface area contributed by atoms with Gasteiger partial charge in [0.1, 0.15) is 11.2 Å². The number of hydrogen-bond donors (Lipinski definition) is 0. The Balaban J connectivity index is -0.000000222. The molecule has 0 aliphatic rings. The first kappa shape index (κ1) is 58.9. The normalized spacial score (nSPS) is 11.4. The molecule has 0 aromatic carbocycles. The molecule has 0 bridgehead atoms. The van der Waals surface area contributed by atoms with Crippen molar-refractivity contribution in [3.05, 3.63) is 34.4 Å². The van der Waals surface area contributed by atoms with E-state index in [1.165, 1.54) is 0 Å². The maximum absolute atomic E-state index is 12.4. The first-order chi connectivity index (χ1) is 22.3. The molecule has 2 aromatic heterocycles. The zero-order valence-electron chi connectivity index (χ0n) is 36.1. The predicted octanol–water partition coefficient (Wildman–Crippen LogP) is 12.2. The molecular formula is C39H77BrIN5O4S. The van der Waals surface area contributed by atoms with Gasteiger partial charge >= 0.3 is 11.9 Å². The zero-order valence-corrected chi connectivity index (χ0v) is 40.7. The standard InChI is InChI=1S/C17H30N2O2.C16H28N2O2.C2H6.CH3Br.CH3I.CH3NS.CH4/c1-11-12(14(20)21-17(8,9)10)18-19(16(5,6)7)13(11)15(2,3)4;1-14(2,3)12-10-11(13(19)20-16(7,8)9)17-18(12)15(4,5)6;3*1-2;1-2-3;/h1-10H3;10H,1-9H3;1-2H3;2*1H3;1H3;1H4. The summed E-state index contributed by atoms with van der Waals surface area (Å²) >= 11 is 9.11. The first-order valence-electron chi connectivity index (χ1n) is 16.9. The number of carbonyl (C=O) groups excluding carboxylic acids is 2. The molecule has 0 radical (unpaired) electrons. The maximum atomic E-state index is 12.4. The van der Waals surface area contributed by atoms with Crippen molar-refractivity contribution in [1.82, 2.24) is 19.6 Å². The molecule has 2 heterocycles. The molecule has 0 aliphatic carbocycles. The number of esters is 2. The average molecular weight is 919 g/mol. The van der Waals surface area contributed by atoms with Gasteiger partial charge < -0.3 is 9.47 Å². The second-order valence-corrected chi connectivity index (χ2v) is 17.5. The largest absolute Gasteiger partial charge is 0.455 e. The third kappa shape index (κ3) is 22.4. The van der Waals surface area contributed by atoms with E-state index in [2.05, 4.69) is 149 Å². The van der Waals surface area contributed by atoms with E-state index in [9.17, 15) is 9.59 Å². The van der Waals surface area contributed by atoms with Gasteiger partial charge in [0.15, 0.2) is 11.4 Å². The Morgan fingerprint density at radius 1 is 0.706 bits per heavy atom. The van der Waals surface area contributed by atoms with E-state index >= 15 is 0 Å². The van der Waals surface area contributed by atoms with E-state index in [-0.39, 0.29) is 41.3 Å². The molecule has 0 aliphatic heterocycles. The molecule has 0 spiro atoms. The van der Waals surface area contributed by atoms with Gasteiger partial charge in [-0.3, -0.25) is 9.36 Å². The van der Waals surface area contributed by atoms with Crippen LogP contribution in [-0.4, -0.2) is 60.5 Å². The van der Waals surface area contributed by atoms with Crippen LogP contribution < -0.4 is 0 Å². The van der Waals surface area contributed by atoms with Crippen LogP contribution in [0.3, 0.4) is 0 Å². The van der Waals surface area contributed by atoms with Gasteiger partial charge in [0.05, 0.1) is 11.1 Å². The van der Waals surface area contributed by atoms with Crippen molar-refractivity contribution in [2.75, 3.05) is 17.8 Å². The summed E-state index contributed by atoms with van der Waals surface area (Å²) in [7, 11) is 1.56. The van der Waals surface area contributed by atoms with Crippen LogP contribution >= 0.6 is 38.5 Å². The van der Waals surface area contributed by atoms with E-state index in [0.717, 1.165) is 17.0 Å². The van der Waals surface area contributed by atoms with Crippen molar-refractivity contribution < 1.29 is 19.1 Å². The van der Waals surface area contributed by atoms with Gasteiger partial charge in [-0.05, 0) is 107 Å². The number of halogens is 2. The van der Waals surface area contributed by atoms with Crippen LogP contribution in [0.4, 0.5) is 0 Å². The SMILES string of the molecule is C.CBr.CC.CC(C)(C)OC(=O)c1cc(C(C)(C)C)n(C(C)(C)C)n1.CI.CN=S.Cc1c(C(=O)OC(C)(C)C)nn(C(C)(C)C)c1C(C)(C)C. The minimum atomic E-state index is -0.517. The maximum Gasteiger partial charge on any atom is 0.359 e. The van der Waals surface area contributed by atoms with Gasteiger partial charge in [-0.2, -0.15) is 10.2 Å². The fourth-order valence-electron chi connectivity index (χ4n) is 4.24. The van der Waals surface area contributed by atoms with Crippen LogP contribution in [0.1, 0.15) is 184 Å². The summed E-state index contributed by atoms with van der Waals surface area (Å²) in [6.45, 7) is 42.4. The molecule has 302 valence electrons. The highest BCUT2D eigenvalue weighted by molar-refractivity contribution is 14.1. The van der Waals surface area contributed by atoms with Crippen LogP contribution in [0.25, 0.3) is 0 Å². The second kappa shape index (κ2) is 24.1. The summed E-state index contributed by atoms with van der Waals surface area (Å²) in [6, 6.07) is 1.85. The number of carbonyl (C=O) groups is 2. The summed E-state index contributed by atoms with van der Waals surface area (Å²) < 4.78 is 17.9. The molecule has 0 unspecified atom stereocenters. The average Bonchev–Trinajstić information content (AvgIpc) is 3.54. The lowest BCUT2D eigenvalue weighted by molar-refractivity contribution is 0.00484. The number of rotatable bonds is 2. The van der Waals surface area contributed by atoms with Gasteiger partial charge in [-0.25, -0.2) is 14.0 Å². The zero-order chi connectivity index (χ0) is 41.4. The molecule has 2 aromatic rings. The van der Waals surface area contributed by atoms with E-state index in [1.54, 1.807) is 7.05 Å². The Kier molecular flexibility index (Phi) is 27.8. The quantitative estimate of drug-likeness (QED) is 0.168. The third-order valence-corrected chi connectivity index (χ3v) is 5.78. The number of hydrogen-bond acceptors (Lipinski definition) is 8. The molecule has 9 nitrogen and oxygen atoms in total. The summed E-state index contributed by atoms with van der Waals surface area (Å²) in [5.74, 6) is 1.09. The summed E-state index contributed by atoms with van der Waals surface area (Å²) in [5.41, 5.74) is 2.25. The highest BCUT2D eigenvalue weighted by Gasteiger charge is 2.34. The van der Waals surface area contributed by atoms with Gasteiger partial charge in [-0.15, -0.1) is 0 Å². The lowest BCUT2D eigenvalue weighted by atomic mass is 9.88. The van der Waals surface area contributed by atoms with Crippen molar-refractivity contribution in [2.24, 2.45) is 4.36 Å². The monoisotopic (exact) mass is 917 g/mol. The molecule has 0 atom stereocenters. The number of alkyl halides is 2. The lowest BCUT2D eigenvalue weighted by Gasteiger charge is -2.29. The van der Waals surface area contributed by atoms with Crippen molar-refractivity contribution in [2.45, 2.75) is 186 Å². The first-order valence-corrected chi connectivity index (χ1v) is 21.0.